The van der Waals surface area contributed by atoms with E-state index < -0.39 is 34.4 Å². The second-order valence-electron chi connectivity index (χ2n) is 16.7. The fourth-order valence-corrected chi connectivity index (χ4v) is 9.57. The van der Waals surface area contributed by atoms with Gasteiger partial charge >= 0.3 is 0 Å². The molecule has 0 aromatic heterocycles. The van der Waals surface area contributed by atoms with E-state index in [-0.39, 0.29) is 56.2 Å². The first-order chi connectivity index (χ1) is 30.7. The molecular formula is C49H59FN4O9. The first kappa shape index (κ1) is 45.6. The summed E-state index contributed by atoms with van der Waals surface area (Å²) in [5.74, 6) is -1.66. The monoisotopic (exact) mass is 866 g/mol. The molecule has 1 saturated carbocycles. The second kappa shape index (κ2) is 21.3. The van der Waals surface area contributed by atoms with Gasteiger partial charge in [-0.3, -0.25) is 19.8 Å². The van der Waals surface area contributed by atoms with Gasteiger partial charge in [-0.05, 0) is 110 Å². The molecule has 6 atom stereocenters. The summed E-state index contributed by atoms with van der Waals surface area (Å²) in [6.45, 7) is 10.00. The van der Waals surface area contributed by atoms with Crippen molar-refractivity contribution in [1.82, 2.24) is 9.80 Å². The number of rotatable bonds is 23. The van der Waals surface area contributed by atoms with E-state index in [2.05, 4.69) is 23.6 Å². The van der Waals surface area contributed by atoms with E-state index in [1.165, 1.54) is 30.3 Å². The molecule has 3 aromatic rings. The Bertz CT molecular complexity index is 2140. The lowest BCUT2D eigenvalue weighted by Gasteiger charge is -2.60. The van der Waals surface area contributed by atoms with Crippen molar-refractivity contribution in [3.63, 3.8) is 0 Å². The fourth-order valence-electron chi connectivity index (χ4n) is 9.57. The Morgan fingerprint density at radius 1 is 1.06 bits per heavy atom. The number of halogens is 1. The average Bonchev–Trinajstić information content (AvgIpc) is 4.12. The van der Waals surface area contributed by atoms with Crippen molar-refractivity contribution in [1.29, 1.82) is 0 Å². The van der Waals surface area contributed by atoms with Crippen LogP contribution in [0.4, 0.5) is 10.1 Å². The summed E-state index contributed by atoms with van der Waals surface area (Å²) in [4.78, 5) is 35.7. The Morgan fingerprint density at radius 3 is 2.49 bits per heavy atom. The highest BCUT2D eigenvalue weighted by molar-refractivity contribution is 6.03. The van der Waals surface area contributed by atoms with Crippen molar-refractivity contribution in [3.05, 3.63) is 130 Å². The third-order valence-corrected chi connectivity index (χ3v) is 12.6. The molecule has 1 amide bonds. The molecule has 2 heterocycles. The van der Waals surface area contributed by atoms with E-state index >= 15 is 0 Å². The molecule has 336 valence electrons. The minimum Gasteiger partial charge on any atom is -0.492 e. The van der Waals surface area contributed by atoms with Crippen molar-refractivity contribution in [2.45, 2.75) is 76.2 Å². The van der Waals surface area contributed by atoms with Gasteiger partial charge in [-0.1, -0.05) is 42.3 Å². The quantitative estimate of drug-likeness (QED) is 0.0241. The van der Waals surface area contributed by atoms with Crippen LogP contribution in [-0.2, 0) is 20.9 Å². The van der Waals surface area contributed by atoms with Crippen LogP contribution in [0.5, 0.6) is 11.5 Å². The SMILES string of the molecule is C=CCOC12Oc3ccc(OCCN4CC4)cc3C3C(CCCCO)C(CCCCO)C=C(C(=NOCC)CC1N(Cc1ccc(F)cc1)C(=O)C=Cc1ccc([N+](=O)[O-])cc1)C32. The molecule has 2 N–H and O–H groups in total. The van der Waals surface area contributed by atoms with Gasteiger partial charge in [0.15, 0.2) is 0 Å². The van der Waals surface area contributed by atoms with Crippen LogP contribution in [-0.4, -0.2) is 101 Å². The molecule has 0 bridgehead atoms. The van der Waals surface area contributed by atoms with Crippen molar-refractivity contribution in [3.8, 4) is 11.5 Å². The number of carbonyl (C=O) groups is 1. The maximum atomic E-state index is 15.0. The van der Waals surface area contributed by atoms with Gasteiger partial charge in [0.1, 0.15) is 36.6 Å². The minimum atomic E-state index is -1.51. The lowest BCUT2D eigenvalue weighted by molar-refractivity contribution is -0.384. The van der Waals surface area contributed by atoms with Crippen molar-refractivity contribution in [2.24, 2.45) is 22.9 Å². The molecule has 2 fully saturated rings. The Morgan fingerprint density at radius 2 is 1.81 bits per heavy atom. The number of hydrogen-bond acceptors (Lipinski definition) is 11. The second-order valence-corrected chi connectivity index (χ2v) is 16.7. The average molecular weight is 867 g/mol. The van der Waals surface area contributed by atoms with Crippen LogP contribution < -0.4 is 9.47 Å². The third-order valence-electron chi connectivity index (χ3n) is 12.6. The number of non-ortho nitro benzene ring substituents is 1. The smallest absolute Gasteiger partial charge is 0.269 e. The van der Waals surface area contributed by atoms with Gasteiger partial charge in [0, 0.05) is 75.5 Å². The normalized spacial score (nSPS) is 24.2. The number of ether oxygens (including phenoxy) is 3. The number of allylic oxidation sites excluding steroid dienone is 1. The Balaban J connectivity index is 1.41. The van der Waals surface area contributed by atoms with Gasteiger partial charge in [-0.2, -0.15) is 0 Å². The van der Waals surface area contributed by atoms with Crippen LogP contribution in [0, 0.1) is 33.7 Å². The number of nitrogens with zero attached hydrogens (tertiary/aromatic N) is 4. The van der Waals surface area contributed by atoms with E-state index in [1.54, 1.807) is 41.3 Å². The van der Waals surface area contributed by atoms with E-state index in [9.17, 15) is 29.5 Å². The number of amides is 1. The van der Waals surface area contributed by atoms with Crippen LogP contribution >= 0.6 is 0 Å². The van der Waals surface area contributed by atoms with Gasteiger partial charge in [0.05, 0.1) is 23.2 Å². The largest absolute Gasteiger partial charge is 0.492 e. The predicted molar refractivity (Wildman–Crippen MR) is 238 cm³/mol. The zero-order valence-corrected chi connectivity index (χ0v) is 36.0. The van der Waals surface area contributed by atoms with E-state index in [0.717, 1.165) is 62.2 Å². The van der Waals surface area contributed by atoms with Crippen LogP contribution in [0.25, 0.3) is 6.08 Å². The van der Waals surface area contributed by atoms with Crippen LogP contribution in [0.1, 0.15) is 74.5 Å². The summed E-state index contributed by atoms with van der Waals surface area (Å²) in [7, 11) is 0. The Kier molecular flexibility index (Phi) is 15.4. The number of carbonyl (C=O) groups excluding carboxylic acids is 1. The van der Waals surface area contributed by atoms with Crippen molar-refractivity contribution < 1.29 is 43.4 Å². The van der Waals surface area contributed by atoms with Gasteiger partial charge in [0.2, 0.25) is 11.7 Å². The van der Waals surface area contributed by atoms with Crippen molar-refractivity contribution >= 4 is 23.4 Å². The number of oxime groups is 1. The molecule has 14 heteroatoms. The standard InChI is InChI=1S/C49H59FN4O9/c1-3-28-61-49-45(53(33-35-11-16-37(50)17-12-35)46(57)22-15-34-13-18-38(19-14-34)54(58)59)32-43(51-62-4-2)41-30-36(9-5-7-26-55)40(10-6-8-27-56)47(48(41)49)42-31-39(20-21-44(42)63-49)60-29-25-52-23-24-52/h3,11-22,30-31,36,40,45,47-48,55-56H,1,4-10,23-29,32-33H2,2H3. The maximum absolute atomic E-state index is 15.0. The molecule has 13 nitrogen and oxygen atoms in total. The van der Waals surface area contributed by atoms with Gasteiger partial charge < -0.3 is 34.2 Å². The topological polar surface area (TPSA) is 156 Å². The molecule has 2 aliphatic heterocycles. The highest BCUT2D eigenvalue weighted by atomic mass is 19.1. The predicted octanol–water partition coefficient (Wildman–Crippen LogP) is 7.82. The summed E-state index contributed by atoms with van der Waals surface area (Å²) < 4.78 is 35.1. The lowest BCUT2D eigenvalue weighted by atomic mass is 9.55. The number of benzene rings is 3. The number of aliphatic hydroxyl groups is 2. The molecule has 2 aliphatic carbocycles. The number of hydrogen-bond donors (Lipinski definition) is 2. The van der Waals surface area contributed by atoms with Crippen LogP contribution in [0.15, 0.2) is 102 Å². The summed E-state index contributed by atoms with van der Waals surface area (Å²) in [6, 6.07) is 17.0. The zero-order chi connectivity index (χ0) is 44.3. The summed E-state index contributed by atoms with van der Waals surface area (Å²) in [5, 5.41) is 36.0. The van der Waals surface area contributed by atoms with Crippen molar-refractivity contribution in [2.75, 3.05) is 52.7 Å². The highest BCUT2D eigenvalue weighted by Crippen LogP contribution is 2.62. The molecule has 0 radical (unpaired) electrons. The molecular weight excluding hydrogens is 808 g/mol. The minimum absolute atomic E-state index is 0.0292. The molecule has 1 saturated heterocycles. The van der Waals surface area contributed by atoms with Crippen LogP contribution in [0.3, 0.4) is 0 Å². The highest BCUT2D eigenvalue weighted by Gasteiger charge is 2.65. The maximum Gasteiger partial charge on any atom is 0.269 e. The number of nitro groups is 1. The molecule has 63 heavy (non-hydrogen) atoms. The third kappa shape index (κ3) is 10.7. The van der Waals surface area contributed by atoms with Gasteiger partial charge in [0.25, 0.3) is 5.69 Å². The summed E-state index contributed by atoms with van der Waals surface area (Å²) in [6.07, 6.45) is 11.7. The molecule has 6 unspecified atom stereocenters. The first-order valence-electron chi connectivity index (χ1n) is 22.2. The molecule has 4 aliphatic rings. The number of unbranched alkanes of at least 4 members (excludes halogenated alkanes) is 2. The number of aliphatic hydroxyl groups excluding tert-OH is 2. The van der Waals surface area contributed by atoms with E-state index in [1.807, 2.05) is 19.1 Å². The van der Waals surface area contributed by atoms with Crippen LogP contribution in [0.2, 0.25) is 0 Å². The number of nitro benzene ring substituents is 1. The zero-order valence-electron chi connectivity index (χ0n) is 36.0. The molecule has 3 aromatic carbocycles. The fraction of sp³-hybridized carbons (Fsp3) is 0.469. The van der Waals surface area contributed by atoms with Gasteiger partial charge in [-0.15, -0.1) is 6.58 Å². The Hall–Kier alpha value is -5.41. The molecule has 7 rings (SSSR count). The summed E-state index contributed by atoms with van der Waals surface area (Å²) >= 11 is 0. The lowest BCUT2D eigenvalue weighted by Crippen LogP contribution is -2.70. The number of fused-ring (bicyclic) bond motifs is 2. The van der Waals surface area contributed by atoms with Gasteiger partial charge in [-0.25, -0.2) is 4.39 Å². The first-order valence-corrected chi connectivity index (χ1v) is 22.2. The molecule has 0 spiro atoms. The van der Waals surface area contributed by atoms with E-state index in [0.29, 0.717) is 48.6 Å². The Labute approximate surface area is 368 Å². The van der Waals surface area contributed by atoms with E-state index in [4.69, 9.17) is 24.2 Å². The summed E-state index contributed by atoms with van der Waals surface area (Å²) in [5.41, 5.74) is 3.71.